The van der Waals surface area contributed by atoms with Crippen molar-refractivity contribution in [2.24, 2.45) is 30.2 Å². The van der Waals surface area contributed by atoms with Crippen LogP contribution in [0.15, 0.2) is 29.6 Å². The smallest absolute Gasteiger partial charge is 0.330 e. The zero-order chi connectivity index (χ0) is 23.4. The minimum atomic E-state index is -0.727. The van der Waals surface area contributed by atoms with Gasteiger partial charge in [0.05, 0.1) is 28.5 Å². The number of rotatable bonds is 4. The van der Waals surface area contributed by atoms with Crippen LogP contribution in [0.3, 0.4) is 0 Å². The van der Waals surface area contributed by atoms with Crippen LogP contribution in [0.5, 0.6) is 0 Å². The molecule has 8 rings (SSSR count). The van der Waals surface area contributed by atoms with E-state index in [9.17, 15) is 14.7 Å². The van der Waals surface area contributed by atoms with Crippen molar-refractivity contribution in [3.8, 4) is 0 Å². The lowest BCUT2D eigenvalue weighted by molar-refractivity contribution is -0.151. The fourth-order valence-corrected chi connectivity index (χ4v) is 7.21. The Balaban J connectivity index is 1.34. The van der Waals surface area contributed by atoms with E-state index in [1.807, 2.05) is 0 Å². The average Bonchev–Trinajstić information content (AvgIpc) is 3.48. The molecule has 0 amide bonds. The number of carboxylic acids is 1. The summed E-state index contributed by atoms with van der Waals surface area (Å²) in [7, 11) is 1.70. The third-order valence-corrected chi connectivity index (χ3v) is 8.59. The molecule has 0 spiro atoms. The Morgan fingerprint density at radius 2 is 2.15 bits per heavy atom. The van der Waals surface area contributed by atoms with Gasteiger partial charge in [0.25, 0.3) is 0 Å². The van der Waals surface area contributed by atoms with E-state index < -0.39 is 11.4 Å². The van der Waals surface area contributed by atoms with Gasteiger partial charge in [-0.3, -0.25) is 13.9 Å². The van der Waals surface area contributed by atoms with Gasteiger partial charge in [-0.05, 0) is 43.4 Å². The molecule has 12 heteroatoms. The van der Waals surface area contributed by atoms with Gasteiger partial charge in [0, 0.05) is 19.2 Å². The Hall–Kier alpha value is -3.47. The van der Waals surface area contributed by atoms with Crippen molar-refractivity contribution in [2.75, 3.05) is 5.32 Å². The molecule has 0 radical (unpaired) electrons. The van der Waals surface area contributed by atoms with E-state index in [4.69, 9.17) is 16.6 Å². The van der Waals surface area contributed by atoms with Crippen molar-refractivity contribution in [1.82, 2.24) is 33.7 Å². The van der Waals surface area contributed by atoms with Gasteiger partial charge in [0.2, 0.25) is 5.95 Å². The normalized spacial score (nSPS) is 29.5. The number of hydrogen-bond donors (Lipinski definition) is 2. The maximum Gasteiger partial charge on any atom is 0.330 e. The largest absolute Gasteiger partial charge is 0.481 e. The second-order valence-corrected chi connectivity index (χ2v) is 10.3. The summed E-state index contributed by atoms with van der Waals surface area (Å²) in [5.74, 6) is 0.0896. The molecule has 5 unspecified atom stereocenters. The molecule has 5 atom stereocenters. The van der Waals surface area contributed by atoms with E-state index in [-0.39, 0.29) is 29.5 Å². The van der Waals surface area contributed by atoms with Crippen molar-refractivity contribution >= 4 is 46.0 Å². The predicted molar refractivity (Wildman–Crippen MR) is 122 cm³/mol. The lowest BCUT2D eigenvalue weighted by Gasteiger charge is -2.32. The Labute approximate surface area is 197 Å². The second-order valence-electron chi connectivity index (χ2n) is 9.90. The molecule has 0 aliphatic heterocycles. The summed E-state index contributed by atoms with van der Waals surface area (Å²) in [5, 5.41) is 17.8. The molecule has 174 valence electrons. The second kappa shape index (κ2) is 6.56. The molecule has 4 fully saturated rings. The van der Waals surface area contributed by atoms with Crippen LogP contribution in [0.1, 0.15) is 31.7 Å². The maximum atomic E-state index is 13.4. The number of aryl methyl sites for hydroxylation is 1. The fourth-order valence-electron chi connectivity index (χ4n) is 7.02. The lowest BCUT2D eigenvalue weighted by atomic mass is 9.75. The number of aromatic nitrogens is 7. The molecule has 4 saturated carbocycles. The van der Waals surface area contributed by atoms with Gasteiger partial charge < -0.3 is 10.4 Å². The van der Waals surface area contributed by atoms with Crippen LogP contribution < -0.4 is 11.0 Å². The Kier molecular flexibility index (Phi) is 3.85. The number of nitrogens with zero attached hydrogens (tertiary/aromatic N) is 7. The lowest BCUT2D eigenvalue weighted by Crippen LogP contribution is -2.35. The van der Waals surface area contributed by atoms with Crippen molar-refractivity contribution in [3.63, 3.8) is 0 Å². The summed E-state index contributed by atoms with van der Waals surface area (Å²) in [5.41, 5.74) is 1.36. The predicted octanol–water partition coefficient (Wildman–Crippen LogP) is 2.63. The first-order valence-electron chi connectivity index (χ1n) is 11.3. The minimum Gasteiger partial charge on any atom is -0.481 e. The number of nitrogens with one attached hydrogen (secondary N) is 1. The van der Waals surface area contributed by atoms with E-state index >= 15 is 0 Å². The van der Waals surface area contributed by atoms with Crippen LogP contribution in [0, 0.1) is 23.2 Å². The Bertz CT molecular complexity index is 1570. The van der Waals surface area contributed by atoms with Crippen LogP contribution in [0.25, 0.3) is 16.8 Å². The highest BCUT2D eigenvalue weighted by atomic mass is 35.5. The molecule has 4 aromatic rings. The summed E-state index contributed by atoms with van der Waals surface area (Å²) >= 11 is 6.41. The average molecular weight is 481 g/mol. The maximum absolute atomic E-state index is 13.4. The third kappa shape index (κ3) is 2.47. The summed E-state index contributed by atoms with van der Waals surface area (Å²) in [4.78, 5) is 38.9. The van der Waals surface area contributed by atoms with Gasteiger partial charge >= 0.3 is 11.7 Å². The zero-order valence-electron chi connectivity index (χ0n) is 18.2. The van der Waals surface area contributed by atoms with Crippen LogP contribution in [-0.2, 0) is 11.8 Å². The fraction of sp³-hybridized carbons (Fsp3) is 0.455. The first kappa shape index (κ1) is 20.0. The SMILES string of the molecule is Cn1c(=O)n(C2C3CC4CC2C(C(=O)O)(C4)C3)c2nc(Nc3cn4ncnc4cc3Cl)ncc21. The summed E-state index contributed by atoms with van der Waals surface area (Å²) in [6, 6.07) is 1.51. The van der Waals surface area contributed by atoms with Crippen LogP contribution >= 0.6 is 11.6 Å². The van der Waals surface area contributed by atoms with E-state index in [1.54, 1.807) is 39.2 Å². The van der Waals surface area contributed by atoms with Crippen LogP contribution in [0.4, 0.5) is 11.6 Å². The van der Waals surface area contributed by atoms with Gasteiger partial charge in [-0.25, -0.2) is 19.3 Å². The summed E-state index contributed by atoms with van der Waals surface area (Å²) in [6.07, 6.45) is 7.89. The standard InChI is InChI=1S/C22H21ClN8O3/c1-29-15-7-24-20(27-14-8-30-16(4-13(14)23)25-9-26-30)28-18(15)31(21(29)34)17-11-2-10-3-12(17)22(5-10,6-11)19(32)33/h4,7-12,17H,2-3,5-6H2,1H3,(H,32,33)(H,24,27,28). The molecule has 4 aromatic heterocycles. The number of hydrogen-bond acceptors (Lipinski definition) is 7. The van der Waals surface area contributed by atoms with E-state index in [1.165, 1.54) is 6.33 Å². The number of carboxylic acid groups (broad SMARTS) is 1. The first-order chi connectivity index (χ1) is 16.4. The third-order valence-electron chi connectivity index (χ3n) is 8.28. The van der Waals surface area contributed by atoms with Crippen LogP contribution in [0.2, 0.25) is 5.02 Å². The highest BCUT2D eigenvalue weighted by Crippen LogP contribution is 2.69. The topological polar surface area (TPSA) is 132 Å². The van der Waals surface area contributed by atoms with Crippen molar-refractivity contribution < 1.29 is 9.90 Å². The molecular weight excluding hydrogens is 460 g/mol. The molecular formula is C22H21ClN8O3. The van der Waals surface area contributed by atoms with E-state index in [0.717, 1.165) is 12.8 Å². The van der Waals surface area contributed by atoms with E-state index in [2.05, 4.69) is 20.4 Å². The number of anilines is 2. The zero-order valence-corrected chi connectivity index (χ0v) is 19.0. The first-order valence-corrected chi connectivity index (χ1v) is 11.7. The van der Waals surface area contributed by atoms with Crippen molar-refractivity contribution in [3.05, 3.63) is 40.3 Å². The molecule has 4 bridgehead atoms. The van der Waals surface area contributed by atoms with Crippen molar-refractivity contribution in [1.29, 1.82) is 0 Å². The quantitative estimate of drug-likeness (QED) is 0.455. The van der Waals surface area contributed by atoms with Gasteiger partial charge in [0.1, 0.15) is 11.8 Å². The molecule has 0 saturated heterocycles. The highest BCUT2D eigenvalue weighted by Gasteiger charge is 2.67. The highest BCUT2D eigenvalue weighted by molar-refractivity contribution is 6.33. The molecule has 4 heterocycles. The van der Waals surface area contributed by atoms with Crippen molar-refractivity contribution in [2.45, 2.75) is 31.7 Å². The van der Waals surface area contributed by atoms with Gasteiger partial charge in [0.15, 0.2) is 11.3 Å². The summed E-state index contributed by atoms with van der Waals surface area (Å²) in [6.45, 7) is 0. The minimum absolute atomic E-state index is 0.0624. The monoisotopic (exact) mass is 480 g/mol. The van der Waals surface area contributed by atoms with Gasteiger partial charge in [-0.2, -0.15) is 10.1 Å². The number of aliphatic carboxylic acids is 1. The Morgan fingerprint density at radius 3 is 2.97 bits per heavy atom. The summed E-state index contributed by atoms with van der Waals surface area (Å²) < 4.78 is 4.85. The molecule has 11 nitrogen and oxygen atoms in total. The van der Waals surface area contributed by atoms with E-state index in [0.29, 0.717) is 46.3 Å². The van der Waals surface area contributed by atoms with Crippen LogP contribution in [-0.4, -0.2) is 44.8 Å². The number of fused-ring (bicyclic) bond motifs is 2. The molecule has 2 N–H and O–H groups in total. The number of halogens is 1. The molecule has 4 aliphatic carbocycles. The molecule has 4 aliphatic rings. The van der Waals surface area contributed by atoms with Gasteiger partial charge in [-0.1, -0.05) is 11.6 Å². The van der Waals surface area contributed by atoms with Gasteiger partial charge in [-0.15, -0.1) is 0 Å². The molecule has 34 heavy (non-hydrogen) atoms. The molecule has 0 aromatic carbocycles. The Morgan fingerprint density at radius 1 is 1.29 bits per heavy atom. The number of carbonyl (C=O) groups is 1. The number of pyridine rings is 1. The number of imidazole rings is 1.